The second kappa shape index (κ2) is 6.04. The first-order valence-electron chi connectivity index (χ1n) is 5.48. The summed E-state index contributed by atoms with van der Waals surface area (Å²) in [5, 5.41) is 14.6. The van der Waals surface area contributed by atoms with Gasteiger partial charge in [-0.2, -0.15) is 0 Å². The van der Waals surface area contributed by atoms with Gasteiger partial charge in [0.25, 0.3) is 5.69 Å². The number of nitro benzene ring substituents is 1. The number of nitrogens with one attached hydrogen (secondary N) is 1. The Morgan fingerprint density at radius 1 is 1.21 bits per heavy atom. The van der Waals surface area contributed by atoms with Crippen LogP contribution in [0.5, 0.6) is 0 Å². The number of nitro groups is 1. The third kappa shape index (κ3) is 3.68. The smallest absolute Gasteiger partial charge is 0.283 e. The predicted octanol–water partition coefficient (Wildman–Crippen LogP) is 4.62. The molecule has 1 N–H and O–H groups in total. The van der Waals surface area contributed by atoms with Gasteiger partial charge in [0.05, 0.1) is 9.40 Å². The van der Waals surface area contributed by atoms with Crippen LogP contribution >= 0.6 is 27.5 Å². The molecule has 0 atom stereocenters. The highest BCUT2D eigenvalue weighted by molar-refractivity contribution is 9.10. The Bertz CT molecular complexity index is 602. The molecule has 0 aliphatic heterocycles. The molecule has 0 unspecified atom stereocenters. The van der Waals surface area contributed by atoms with E-state index in [0.29, 0.717) is 16.0 Å². The van der Waals surface area contributed by atoms with Gasteiger partial charge >= 0.3 is 0 Å². The zero-order valence-corrected chi connectivity index (χ0v) is 12.1. The fraction of sp³-hybridized carbons (Fsp3) is 0.0769. The van der Waals surface area contributed by atoms with Crippen LogP contribution in [0.4, 0.5) is 11.4 Å². The molecule has 0 saturated heterocycles. The van der Waals surface area contributed by atoms with Crippen molar-refractivity contribution in [3.8, 4) is 0 Å². The van der Waals surface area contributed by atoms with Crippen LogP contribution in [-0.4, -0.2) is 4.92 Å². The quantitative estimate of drug-likeness (QED) is 0.652. The molecule has 0 heterocycles. The topological polar surface area (TPSA) is 55.2 Å². The number of anilines is 1. The molecule has 0 aromatic heterocycles. The van der Waals surface area contributed by atoms with Crippen LogP contribution in [-0.2, 0) is 6.54 Å². The van der Waals surface area contributed by atoms with Gasteiger partial charge in [0.1, 0.15) is 0 Å². The summed E-state index contributed by atoms with van der Waals surface area (Å²) in [7, 11) is 0. The van der Waals surface area contributed by atoms with E-state index < -0.39 is 4.92 Å². The highest BCUT2D eigenvalue weighted by Gasteiger charge is 2.11. The average Bonchev–Trinajstić information content (AvgIpc) is 2.37. The molecule has 0 amide bonds. The zero-order chi connectivity index (χ0) is 13.8. The molecule has 19 heavy (non-hydrogen) atoms. The summed E-state index contributed by atoms with van der Waals surface area (Å²) in [6.07, 6.45) is 0. The van der Waals surface area contributed by atoms with Crippen molar-refractivity contribution in [2.45, 2.75) is 6.54 Å². The molecule has 98 valence electrons. The van der Waals surface area contributed by atoms with E-state index in [9.17, 15) is 10.1 Å². The van der Waals surface area contributed by atoms with Crippen molar-refractivity contribution in [2.75, 3.05) is 5.32 Å². The van der Waals surface area contributed by atoms with Crippen molar-refractivity contribution in [1.29, 1.82) is 0 Å². The van der Waals surface area contributed by atoms with Crippen LogP contribution in [0, 0.1) is 10.1 Å². The minimum Gasteiger partial charge on any atom is -0.381 e. The monoisotopic (exact) mass is 340 g/mol. The highest BCUT2D eigenvalue weighted by Crippen LogP contribution is 2.27. The van der Waals surface area contributed by atoms with Crippen molar-refractivity contribution >= 4 is 38.9 Å². The molecule has 2 aromatic carbocycles. The Balaban J connectivity index is 2.06. The van der Waals surface area contributed by atoms with E-state index in [4.69, 9.17) is 11.6 Å². The van der Waals surface area contributed by atoms with Gasteiger partial charge in [-0.15, -0.1) is 0 Å². The summed E-state index contributed by atoms with van der Waals surface area (Å²) >= 11 is 8.99. The third-order valence-electron chi connectivity index (χ3n) is 2.55. The molecule has 2 aromatic rings. The summed E-state index contributed by atoms with van der Waals surface area (Å²) in [4.78, 5) is 10.3. The lowest BCUT2D eigenvalue weighted by Crippen LogP contribution is -1.99. The largest absolute Gasteiger partial charge is 0.381 e. The maximum Gasteiger partial charge on any atom is 0.283 e. The lowest BCUT2D eigenvalue weighted by Gasteiger charge is -2.07. The van der Waals surface area contributed by atoms with E-state index in [1.807, 2.05) is 24.3 Å². The van der Waals surface area contributed by atoms with E-state index in [1.165, 1.54) is 6.07 Å². The molecule has 0 bridgehead atoms. The maximum atomic E-state index is 10.7. The van der Waals surface area contributed by atoms with E-state index in [1.54, 1.807) is 12.1 Å². The number of rotatable bonds is 4. The van der Waals surface area contributed by atoms with Gasteiger partial charge < -0.3 is 5.32 Å². The third-order valence-corrected chi connectivity index (χ3v) is 3.44. The summed E-state index contributed by atoms with van der Waals surface area (Å²) in [6.45, 7) is 0.626. The van der Waals surface area contributed by atoms with Crippen molar-refractivity contribution in [3.63, 3.8) is 0 Å². The number of benzene rings is 2. The van der Waals surface area contributed by atoms with Crippen molar-refractivity contribution < 1.29 is 4.92 Å². The molecule has 4 nitrogen and oxygen atoms in total. The number of hydrogen-bond donors (Lipinski definition) is 1. The Morgan fingerprint density at radius 2 is 1.89 bits per heavy atom. The number of hydrogen-bond acceptors (Lipinski definition) is 3. The van der Waals surface area contributed by atoms with Gasteiger partial charge in [0, 0.05) is 23.3 Å². The van der Waals surface area contributed by atoms with Crippen LogP contribution < -0.4 is 5.32 Å². The normalized spacial score (nSPS) is 10.2. The Morgan fingerprint density at radius 3 is 2.47 bits per heavy atom. The molecular weight excluding hydrogens is 332 g/mol. The van der Waals surface area contributed by atoms with Gasteiger partial charge in [-0.05, 0) is 45.8 Å². The van der Waals surface area contributed by atoms with Crippen LogP contribution in [0.1, 0.15) is 5.56 Å². The molecule has 0 aliphatic carbocycles. The van der Waals surface area contributed by atoms with Gasteiger partial charge in [0.15, 0.2) is 0 Å². The van der Waals surface area contributed by atoms with Crippen molar-refractivity contribution in [3.05, 3.63) is 67.6 Å². The maximum absolute atomic E-state index is 10.7. The molecular formula is C13H10BrClN2O2. The van der Waals surface area contributed by atoms with Crippen LogP contribution in [0.3, 0.4) is 0 Å². The van der Waals surface area contributed by atoms with E-state index in [0.717, 1.165) is 11.3 Å². The van der Waals surface area contributed by atoms with Gasteiger partial charge in [0.2, 0.25) is 0 Å². The molecule has 0 spiro atoms. The SMILES string of the molecule is O=[N+]([O-])c1ccc(NCc2ccc(Cl)cc2)cc1Br. The second-order valence-electron chi connectivity index (χ2n) is 3.90. The fourth-order valence-corrected chi connectivity index (χ4v) is 2.22. The Kier molecular flexibility index (Phi) is 4.39. The Hall–Kier alpha value is -1.59. The lowest BCUT2D eigenvalue weighted by atomic mass is 10.2. The molecule has 0 radical (unpaired) electrons. The first kappa shape index (κ1) is 13.8. The predicted molar refractivity (Wildman–Crippen MR) is 79.6 cm³/mol. The van der Waals surface area contributed by atoms with E-state index >= 15 is 0 Å². The average molecular weight is 342 g/mol. The molecule has 2 rings (SSSR count). The zero-order valence-electron chi connectivity index (χ0n) is 9.77. The lowest BCUT2D eigenvalue weighted by molar-refractivity contribution is -0.385. The summed E-state index contributed by atoms with van der Waals surface area (Å²) in [5.41, 5.74) is 1.95. The second-order valence-corrected chi connectivity index (χ2v) is 5.19. The first-order chi connectivity index (χ1) is 9.06. The minimum atomic E-state index is -0.424. The van der Waals surface area contributed by atoms with Gasteiger partial charge in [-0.3, -0.25) is 10.1 Å². The summed E-state index contributed by atoms with van der Waals surface area (Å²) in [6, 6.07) is 12.3. The molecule has 6 heteroatoms. The molecule has 0 aliphatic rings. The first-order valence-corrected chi connectivity index (χ1v) is 6.65. The van der Waals surface area contributed by atoms with Crippen molar-refractivity contribution in [2.24, 2.45) is 0 Å². The Labute approximate surface area is 123 Å². The van der Waals surface area contributed by atoms with E-state index in [2.05, 4.69) is 21.2 Å². The fourth-order valence-electron chi connectivity index (χ4n) is 1.57. The van der Waals surface area contributed by atoms with Crippen LogP contribution in [0.15, 0.2) is 46.9 Å². The standard InChI is InChI=1S/C13H10BrClN2O2/c14-12-7-11(5-6-13(12)17(18)19)16-8-9-1-3-10(15)4-2-9/h1-7,16H,8H2. The van der Waals surface area contributed by atoms with Crippen molar-refractivity contribution in [1.82, 2.24) is 0 Å². The minimum absolute atomic E-state index is 0.0528. The molecule has 0 fully saturated rings. The number of nitrogens with zero attached hydrogens (tertiary/aromatic N) is 1. The van der Waals surface area contributed by atoms with Crippen LogP contribution in [0.25, 0.3) is 0 Å². The van der Waals surface area contributed by atoms with Crippen LogP contribution in [0.2, 0.25) is 5.02 Å². The highest BCUT2D eigenvalue weighted by atomic mass is 79.9. The summed E-state index contributed by atoms with van der Waals surface area (Å²) < 4.78 is 0.457. The summed E-state index contributed by atoms with van der Waals surface area (Å²) in [5.74, 6) is 0. The van der Waals surface area contributed by atoms with E-state index in [-0.39, 0.29) is 5.69 Å². The number of halogens is 2. The van der Waals surface area contributed by atoms with Gasteiger partial charge in [-0.25, -0.2) is 0 Å². The molecule has 0 saturated carbocycles. The van der Waals surface area contributed by atoms with Gasteiger partial charge in [-0.1, -0.05) is 23.7 Å².